The van der Waals surface area contributed by atoms with Gasteiger partial charge in [-0.3, -0.25) is 14.5 Å². The number of nitrogens with zero attached hydrogens (tertiary/aromatic N) is 8. The number of aryl methyl sites for hydroxylation is 1. The van der Waals surface area contributed by atoms with Crippen LogP contribution in [0.15, 0.2) is 61.6 Å². The van der Waals surface area contributed by atoms with Crippen molar-refractivity contribution in [3.8, 4) is 16.9 Å². The lowest BCUT2D eigenvalue weighted by Crippen LogP contribution is -2.44. The third kappa shape index (κ3) is 5.34. The number of hydrogen-bond donors (Lipinski definition) is 0. The number of amides is 1. The highest BCUT2D eigenvalue weighted by Crippen LogP contribution is 2.42. The molecule has 0 aliphatic carbocycles. The van der Waals surface area contributed by atoms with Crippen LogP contribution in [0.4, 0.5) is 24.5 Å². The Balaban J connectivity index is 1.36. The molecule has 3 aromatic heterocycles. The van der Waals surface area contributed by atoms with Crippen molar-refractivity contribution >= 4 is 28.1 Å². The summed E-state index contributed by atoms with van der Waals surface area (Å²) in [5.41, 5.74) is 2.55. The first-order valence-electron chi connectivity index (χ1n) is 15.0. The van der Waals surface area contributed by atoms with Gasteiger partial charge >= 0.3 is 6.18 Å². The Morgan fingerprint density at radius 3 is 2.39 bits per heavy atom. The Hall–Kier alpha value is -4.91. The summed E-state index contributed by atoms with van der Waals surface area (Å²) in [6.07, 6.45) is 5.58. The first-order valence-corrected chi connectivity index (χ1v) is 15.0. The monoisotopic (exact) mass is 630 g/mol. The topological polar surface area (TPSA) is 84.6 Å². The number of piperazine rings is 1. The van der Waals surface area contributed by atoms with E-state index in [0.717, 1.165) is 47.3 Å². The minimum atomic E-state index is -4.66. The Morgan fingerprint density at radius 1 is 0.891 bits per heavy atom. The standard InChI is InChI=1S/C33H33F3N8O2/c1-40-8-10-43(11-9-40)29-15-22(46-3)14-25-27(29)16-38-17-30(25)44-6-4-23-24(28-19-41(2)39-31(28)33(34,35)36)12-21(13-26(23)32(44)45)18-42-7-5-37-20-42/h5,7,12-17,19-20H,4,6,8-11,18H2,1-3H3. The van der Waals surface area contributed by atoms with Gasteiger partial charge in [0.25, 0.3) is 5.91 Å². The molecule has 0 N–H and O–H groups in total. The van der Waals surface area contributed by atoms with Gasteiger partial charge in [-0.05, 0) is 48.4 Å². The third-order valence-corrected chi connectivity index (χ3v) is 8.86. The molecule has 1 fully saturated rings. The third-order valence-electron chi connectivity index (χ3n) is 8.86. The minimum Gasteiger partial charge on any atom is -0.497 e. The molecule has 5 heterocycles. The minimum absolute atomic E-state index is 0.0478. The Morgan fingerprint density at radius 2 is 1.67 bits per heavy atom. The molecule has 0 unspecified atom stereocenters. The zero-order valence-corrected chi connectivity index (χ0v) is 25.8. The average Bonchev–Trinajstić information content (AvgIpc) is 3.70. The Labute approximate surface area is 263 Å². The molecule has 0 bridgehead atoms. The molecule has 2 aliphatic rings. The lowest BCUT2D eigenvalue weighted by molar-refractivity contribution is -0.140. The largest absolute Gasteiger partial charge is 0.497 e. The number of likely N-dealkylation sites (N-methyl/N-ethyl adjacent to an activating group) is 1. The van der Waals surface area contributed by atoms with Crippen LogP contribution in [0.25, 0.3) is 21.9 Å². The smallest absolute Gasteiger partial charge is 0.435 e. The van der Waals surface area contributed by atoms with Crippen LogP contribution < -0.4 is 14.5 Å². The SMILES string of the molecule is COc1cc(N2CCN(C)CC2)c2cncc(N3CCc4c(cc(Cn5ccnc5)cc4-c4cn(C)nc4C(F)(F)F)C3=O)c2c1. The van der Waals surface area contributed by atoms with E-state index in [2.05, 4.69) is 31.9 Å². The van der Waals surface area contributed by atoms with E-state index in [1.807, 2.05) is 22.9 Å². The molecule has 1 amide bonds. The summed E-state index contributed by atoms with van der Waals surface area (Å²) in [6.45, 7) is 4.12. The van der Waals surface area contributed by atoms with Crippen molar-refractivity contribution < 1.29 is 22.7 Å². The van der Waals surface area contributed by atoms with E-state index < -0.39 is 11.9 Å². The lowest BCUT2D eigenvalue weighted by Gasteiger charge is -2.35. The van der Waals surface area contributed by atoms with Gasteiger partial charge in [-0.2, -0.15) is 18.3 Å². The number of aromatic nitrogens is 5. The zero-order chi connectivity index (χ0) is 32.2. The van der Waals surface area contributed by atoms with Gasteiger partial charge in [0.15, 0.2) is 5.69 Å². The molecule has 0 saturated carbocycles. The number of anilines is 2. The number of ether oxygens (including phenoxy) is 1. The van der Waals surface area contributed by atoms with E-state index in [4.69, 9.17) is 4.74 Å². The van der Waals surface area contributed by atoms with Crippen molar-refractivity contribution in [2.24, 2.45) is 7.05 Å². The van der Waals surface area contributed by atoms with Gasteiger partial charge in [0.1, 0.15) is 5.75 Å². The van der Waals surface area contributed by atoms with Crippen LogP contribution in [-0.4, -0.2) is 82.0 Å². The number of carbonyl (C=O) groups excluding carboxylic acids is 1. The molecule has 238 valence electrons. The second kappa shape index (κ2) is 11.5. The molecular weight excluding hydrogens is 597 g/mol. The lowest BCUT2D eigenvalue weighted by atomic mass is 9.88. The zero-order valence-electron chi connectivity index (χ0n) is 25.8. The highest BCUT2D eigenvalue weighted by molar-refractivity contribution is 6.14. The van der Waals surface area contributed by atoms with Gasteiger partial charge in [-0.1, -0.05) is 0 Å². The van der Waals surface area contributed by atoms with Gasteiger partial charge in [0, 0.05) is 105 Å². The normalized spacial score (nSPS) is 15.9. The predicted molar refractivity (Wildman–Crippen MR) is 168 cm³/mol. The highest BCUT2D eigenvalue weighted by atomic mass is 19.4. The summed E-state index contributed by atoms with van der Waals surface area (Å²) in [4.78, 5) is 29.4. The van der Waals surface area contributed by atoms with Crippen LogP contribution in [0.5, 0.6) is 5.75 Å². The van der Waals surface area contributed by atoms with Crippen molar-refractivity contribution in [3.63, 3.8) is 0 Å². The van der Waals surface area contributed by atoms with Crippen molar-refractivity contribution in [2.75, 3.05) is 56.7 Å². The second-order valence-electron chi connectivity index (χ2n) is 11.9. The number of carbonyl (C=O) groups is 1. The molecular formula is C33H33F3N8O2. The summed E-state index contributed by atoms with van der Waals surface area (Å²) in [5, 5.41) is 5.47. The molecule has 5 aromatic rings. The Bertz CT molecular complexity index is 1930. The van der Waals surface area contributed by atoms with Crippen molar-refractivity contribution in [1.29, 1.82) is 0 Å². The Kier molecular flexibility index (Phi) is 7.42. The first-order chi connectivity index (χ1) is 22.1. The number of fused-ring (bicyclic) bond motifs is 2. The predicted octanol–water partition coefficient (Wildman–Crippen LogP) is 4.86. The second-order valence-corrected chi connectivity index (χ2v) is 11.9. The van der Waals surface area contributed by atoms with Gasteiger partial charge in [-0.25, -0.2) is 4.98 Å². The number of alkyl halides is 3. The number of imidazole rings is 1. The number of methoxy groups -OCH3 is 1. The average molecular weight is 631 g/mol. The summed E-state index contributed by atoms with van der Waals surface area (Å²) >= 11 is 0. The number of rotatable bonds is 6. The van der Waals surface area contributed by atoms with Crippen LogP contribution >= 0.6 is 0 Å². The van der Waals surface area contributed by atoms with Gasteiger partial charge in [-0.15, -0.1) is 0 Å². The van der Waals surface area contributed by atoms with Gasteiger partial charge in [0.2, 0.25) is 0 Å². The summed E-state index contributed by atoms with van der Waals surface area (Å²) < 4.78 is 51.1. The number of hydrogen-bond acceptors (Lipinski definition) is 7. The summed E-state index contributed by atoms with van der Waals surface area (Å²) in [6, 6.07) is 7.44. The number of benzene rings is 2. The fraction of sp³-hybridized carbons (Fsp3) is 0.333. The fourth-order valence-corrected chi connectivity index (χ4v) is 6.56. The molecule has 13 heteroatoms. The van der Waals surface area contributed by atoms with Crippen molar-refractivity contribution in [1.82, 2.24) is 29.2 Å². The maximum atomic E-state index is 14.5. The molecule has 46 heavy (non-hydrogen) atoms. The van der Waals surface area contributed by atoms with Crippen LogP contribution in [-0.2, 0) is 26.2 Å². The van der Waals surface area contributed by atoms with Gasteiger partial charge < -0.3 is 24.0 Å². The van der Waals surface area contributed by atoms with E-state index in [0.29, 0.717) is 46.7 Å². The summed E-state index contributed by atoms with van der Waals surface area (Å²) in [7, 11) is 5.19. The van der Waals surface area contributed by atoms with E-state index >= 15 is 0 Å². The molecule has 10 nitrogen and oxygen atoms in total. The molecule has 7 rings (SSSR count). The molecule has 0 radical (unpaired) electrons. The fourth-order valence-electron chi connectivity index (χ4n) is 6.56. The molecule has 0 atom stereocenters. The maximum Gasteiger partial charge on any atom is 0.435 e. The molecule has 2 aromatic carbocycles. The van der Waals surface area contributed by atoms with Gasteiger partial charge in [0.05, 0.1) is 25.3 Å². The van der Waals surface area contributed by atoms with Crippen LogP contribution in [0.3, 0.4) is 0 Å². The number of halogens is 3. The first kappa shape index (κ1) is 29.8. The van der Waals surface area contributed by atoms with E-state index in [1.54, 1.807) is 49.1 Å². The molecule has 0 spiro atoms. The molecule has 1 saturated heterocycles. The van der Waals surface area contributed by atoms with E-state index in [-0.39, 0.29) is 18.0 Å². The van der Waals surface area contributed by atoms with Crippen LogP contribution in [0.2, 0.25) is 0 Å². The quantitative estimate of drug-likeness (QED) is 0.265. The van der Waals surface area contributed by atoms with E-state index in [9.17, 15) is 18.0 Å². The molecule has 2 aliphatic heterocycles. The van der Waals surface area contributed by atoms with Crippen LogP contribution in [0.1, 0.15) is 27.2 Å². The highest BCUT2D eigenvalue weighted by Gasteiger charge is 2.39. The van der Waals surface area contributed by atoms with Crippen molar-refractivity contribution in [3.05, 3.63) is 84.0 Å². The number of pyridine rings is 1. The van der Waals surface area contributed by atoms with Crippen molar-refractivity contribution in [2.45, 2.75) is 19.1 Å². The van der Waals surface area contributed by atoms with Crippen LogP contribution in [0, 0.1) is 0 Å². The van der Waals surface area contributed by atoms with E-state index in [1.165, 1.54) is 13.2 Å². The summed E-state index contributed by atoms with van der Waals surface area (Å²) in [5.74, 6) is 0.366. The maximum absolute atomic E-state index is 14.5.